The molecule has 0 saturated carbocycles. The molecule has 0 fully saturated rings. The van der Waals surface area contributed by atoms with E-state index in [1.807, 2.05) is 48.5 Å². The minimum atomic E-state index is -0.0161. The number of amides is 1. The lowest BCUT2D eigenvalue weighted by molar-refractivity contribution is -0.127. The number of methoxy groups -OCH3 is 1. The summed E-state index contributed by atoms with van der Waals surface area (Å²) in [7, 11) is 5.10. The molecule has 2 rings (SSSR count). The summed E-state index contributed by atoms with van der Waals surface area (Å²) < 4.78 is 6.21. The molecule has 0 aliphatic carbocycles. The number of ether oxygens (including phenoxy) is 1. The van der Waals surface area contributed by atoms with E-state index < -0.39 is 0 Å². The van der Waals surface area contributed by atoms with Gasteiger partial charge in [0.05, 0.1) is 20.2 Å². The fraction of sp³-hybridized carbons (Fsp3) is 0.300. The second-order valence-corrected chi connectivity index (χ2v) is 7.05. The fourth-order valence-corrected chi connectivity index (χ4v) is 2.45. The van der Waals surface area contributed by atoms with Gasteiger partial charge in [0.15, 0.2) is 5.96 Å². The molecule has 144 valence electrons. The van der Waals surface area contributed by atoms with Gasteiger partial charge in [-0.2, -0.15) is 0 Å². The molecule has 0 heterocycles. The van der Waals surface area contributed by atoms with Crippen molar-refractivity contribution in [1.82, 2.24) is 15.5 Å². The van der Waals surface area contributed by atoms with Crippen LogP contribution in [0.15, 0.2) is 58.0 Å². The Morgan fingerprint density at radius 2 is 1.67 bits per heavy atom. The zero-order chi connectivity index (χ0) is 19.6. The Kier molecular flexibility index (Phi) is 8.13. The Hall–Kier alpha value is -2.54. The number of rotatable bonds is 7. The molecule has 2 aromatic carbocycles. The van der Waals surface area contributed by atoms with Gasteiger partial charge in [-0.3, -0.25) is 4.79 Å². The van der Waals surface area contributed by atoms with E-state index >= 15 is 0 Å². The molecule has 2 aromatic rings. The van der Waals surface area contributed by atoms with Crippen molar-refractivity contribution >= 4 is 27.8 Å². The van der Waals surface area contributed by atoms with Gasteiger partial charge >= 0.3 is 0 Å². The molecule has 2 N–H and O–H groups in total. The minimum Gasteiger partial charge on any atom is -0.497 e. The average Bonchev–Trinajstić information content (AvgIpc) is 2.68. The fourth-order valence-electron chi connectivity index (χ4n) is 2.18. The lowest BCUT2D eigenvalue weighted by Crippen LogP contribution is -2.42. The smallest absolute Gasteiger partial charge is 0.241 e. The first-order valence-electron chi connectivity index (χ1n) is 8.57. The third kappa shape index (κ3) is 7.30. The van der Waals surface area contributed by atoms with Crippen LogP contribution in [0, 0.1) is 0 Å². The van der Waals surface area contributed by atoms with Crippen LogP contribution < -0.4 is 15.4 Å². The molecule has 0 saturated heterocycles. The SMILES string of the molecule is COc1ccc(CN=C(NCC(=O)N(C)C)NCc2ccc(Br)cc2)cc1. The second kappa shape index (κ2) is 10.6. The van der Waals surface area contributed by atoms with Crippen LogP contribution in [0.1, 0.15) is 11.1 Å². The first-order chi connectivity index (χ1) is 13.0. The lowest BCUT2D eigenvalue weighted by atomic mass is 10.2. The van der Waals surface area contributed by atoms with Gasteiger partial charge in [0.2, 0.25) is 5.91 Å². The average molecular weight is 433 g/mol. The van der Waals surface area contributed by atoms with Gasteiger partial charge in [-0.1, -0.05) is 40.2 Å². The number of nitrogens with zero attached hydrogens (tertiary/aromatic N) is 2. The monoisotopic (exact) mass is 432 g/mol. The highest BCUT2D eigenvalue weighted by molar-refractivity contribution is 9.10. The van der Waals surface area contributed by atoms with Crippen molar-refractivity contribution in [2.45, 2.75) is 13.1 Å². The molecule has 0 bridgehead atoms. The van der Waals surface area contributed by atoms with Crippen LogP contribution in [0.3, 0.4) is 0 Å². The number of benzene rings is 2. The van der Waals surface area contributed by atoms with Crippen molar-refractivity contribution in [3.8, 4) is 5.75 Å². The molecule has 0 radical (unpaired) electrons. The van der Waals surface area contributed by atoms with E-state index in [2.05, 4.69) is 31.6 Å². The number of carbonyl (C=O) groups is 1. The van der Waals surface area contributed by atoms with E-state index in [0.717, 1.165) is 21.3 Å². The molecular formula is C20H25BrN4O2. The van der Waals surface area contributed by atoms with Gasteiger partial charge in [0.25, 0.3) is 0 Å². The van der Waals surface area contributed by atoms with Crippen LogP contribution in [0.25, 0.3) is 0 Å². The van der Waals surface area contributed by atoms with Gasteiger partial charge in [0.1, 0.15) is 5.75 Å². The highest BCUT2D eigenvalue weighted by atomic mass is 79.9. The Bertz CT molecular complexity index is 759. The number of halogens is 1. The number of hydrogen-bond acceptors (Lipinski definition) is 3. The van der Waals surface area contributed by atoms with E-state index in [0.29, 0.717) is 19.0 Å². The van der Waals surface area contributed by atoms with Gasteiger partial charge in [-0.25, -0.2) is 4.99 Å². The van der Waals surface area contributed by atoms with Crippen LogP contribution in [-0.2, 0) is 17.9 Å². The predicted octanol–water partition coefficient (Wildman–Crippen LogP) is 2.78. The number of nitrogens with one attached hydrogen (secondary N) is 2. The molecule has 27 heavy (non-hydrogen) atoms. The highest BCUT2D eigenvalue weighted by Gasteiger charge is 2.06. The lowest BCUT2D eigenvalue weighted by Gasteiger charge is -2.15. The molecule has 0 spiro atoms. The van der Waals surface area contributed by atoms with Crippen LogP contribution in [0.2, 0.25) is 0 Å². The number of likely N-dealkylation sites (N-methyl/N-ethyl adjacent to an activating group) is 1. The first kappa shape index (κ1) is 20.8. The van der Waals surface area contributed by atoms with E-state index in [4.69, 9.17) is 4.74 Å². The van der Waals surface area contributed by atoms with Gasteiger partial charge in [-0.15, -0.1) is 0 Å². The van der Waals surface area contributed by atoms with Crippen molar-refractivity contribution in [2.75, 3.05) is 27.7 Å². The molecule has 0 aromatic heterocycles. The molecule has 0 unspecified atom stereocenters. The van der Waals surface area contributed by atoms with Crippen molar-refractivity contribution in [3.05, 3.63) is 64.1 Å². The first-order valence-corrected chi connectivity index (χ1v) is 9.37. The Labute approximate surface area is 168 Å². The zero-order valence-corrected chi connectivity index (χ0v) is 17.4. The van der Waals surface area contributed by atoms with Gasteiger partial charge in [-0.05, 0) is 35.4 Å². The predicted molar refractivity (Wildman–Crippen MR) is 112 cm³/mol. The molecular weight excluding hydrogens is 408 g/mol. The normalized spacial score (nSPS) is 11.0. The Morgan fingerprint density at radius 1 is 1.04 bits per heavy atom. The molecule has 0 aliphatic rings. The minimum absolute atomic E-state index is 0.0161. The number of carbonyl (C=O) groups excluding carboxylic acids is 1. The maximum Gasteiger partial charge on any atom is 0.241 e. The third-order valence-corrected chi connectivity index (χ3v) is 4.39. The summed E-state index contributed by atoms with van der Waals surface area (Å²) >= 11 is 3.43. The second-order valence-electron chi connectivity index (χ2n) is 6.13. The maximum atomic E-state index is 11.9. The summed E-state index contributed by atoms with van der Waals surface area (Å²) in [5.74, 6) is 1.38. The Morgan fingerprint density at radius 3 is 2.26 bits per heavy atom. The van der Waals surface area contributed by atoms with Crippen LogP contribution in [-0.4, -0.2) is 44.5 Å². The highest BCUT2D eigenvalue weighted by Crippen LogP contribution is 2.12. The maximum absolute atomic E-state index is 11.9. The summed E-state index contributed by atoms with van der Waals surface area (Å²) in [5, 5.41) is 6.36. The van der Waals surface area contributed by atoms with Crippen molar-refractivity contribution in [2.24, 2.45) is 4.99 Å². The van der Waals surface area contributed by atoms with E-state index in [9.17, 15) is 4.79 Å². The topological polar surface area (TPSA) is 66.0 Å². The molecule has 1 amide bonds. The van der Waals surface area contributed by atoms with E-state index in [1.165, 1.54) is 0 Å². The molecule has 0 aliphatic heterocycles. The number of hydrogen-bond donors (Lipinski definition) is 2. The van der Waals surface area contributed by atoms with Crippen LogP contribution in [0.5, 0.6) is 5.75 Å². The molecule has 7 heteroatoms. The quantitative estimate of drug-likeness (QED) is 0.521. The molecule has 0 atom stereocenters. The summed E-state index contributed by atoms with van der Waals surface area (Å²) in [5.41, 5.74) is 2.18. The number of guanidine groups is 1. The number of aliphatic imine (C=N–C) groups is 1. The van der Waals surface area contributed by atoms with E-state index in [1.54, 1.807) is 26.1 Å². The summed E-state index contributed by atoms with van der Waals surface area (Å²) in [6, 6.07) is 15.8. The Balaban J connectivity index is 2.02. The summed E-state index contributed by atoms with van der Waals surface area (Å²) in [6.45, 7) is 1.29. The summed E-state index contributed by atoms with van der Waals surface area (Å²) in [6.07, 6.45) is 0. The summed E-state index contributed by atoms with van der Waals surface area (Å²) in [4.78, 5) is 18.0. The third-order valence-electron chi connectivity index (χ3n) is 3.86. The van der Waals surface area contributed by atoms with Gasteiger partial charge in [0, 0.05) is 25.1 Å². The largest absolute Gasteiger partial charge is 0.497 e. The van der Waals surface area contributed by atoms with Crippen molar-refractivity contribution in [1.29, 1.82) is 0 Å². The zero-order valence-electron chi connectivity index (χ0n) is 15.8. The molecule has 6 nitrogen and oxygen atoms in total. The van der Waals surface area contributed by atoms with Crippen molar-refractivity contribution < 1.29 is 9.53 Å². The van der Waals surface area contributed by atoms with Crippen molar-refractivity contribution in [3.63, 3.8) is 0 Å². The van der Waals surface area contributed by atoms with Crippen LogP contribution >= 0.6 is 15.9 Å². The standard InChI is InChI=1S/C20H25BrN4O2/c1-25(2)19(26)14-24-20(22-12-15-4-8-17(21)9-5-15)23-13-16-6-10-18(27-3)11-7-16/h4-11H,12-14H2,1-3H3,(H2,22,23,24). The van der Waals surface area contributed by atoms with Gasteiger partial charge < -0.3 is 20.3 Å². The van der Waals surface area contributed by atoms with Crippen LogP contribution in [0.4, 0.5) is 0 Å². The van der Waals surface area contributed by atoms with E-state index in [-0.39, 0.29) is 12.5 Å².